The molecule has 0 fully saturated rings. The Morgan fingerprint density at radius 3 is 1.11 bits per heavy atom. The molecule has 0 amide bonds. The summed E-state index contributed by atoms with van der Waals surface area (Å²) in [5.74, 6) is 3.67. The summed E-state index contributed by atoms with van der Waals surface area (Å²) in [4.78, 5) is 4.32. The molecule has 1 aromatic rings. The molecule has 18 heavy (non-hydrogen) atoms. The molecular weight excluding hydrogens is 276 g/mol. The molecule has 0 saturated heterocycles. The molecule has 0 heterocycles. The Morgan fingerprint density at radius 1 is 0.611 bits per heavy atom. The summed E-state index contributed by atoms with van der Waals surface area (Å²) in [6, 6.07) is 7.07. The van der Waals surface area contributed by atoms with E-state index in [1.165, 1.54) is 51.2 Å². The van der Waals surface area contributed by atoms with Crippen LogP contribution in [-0.2, 0) is 0 Å². The topological polar surface area (TPSA) is 0 Å². The van der Waals surface area contributed by atoms with Crippen LogP contribution in [0, 0.1) is 0 Å². The van der Waals surface area contributed by atoms with E-state index in [1.807, 2.05) is 35.3 Å². The van der Waals surface area contributed by atoms with Crippen LogP contribution in [0.5, 0.6) is 0 Å². The molecule has 0 N–H and O–H groups in total. The average molecular weight is 301 g/mol. The van der Waals surface area contributed by atoms with Crippen LogP contribution < -0.4 is 0 Å². The normalized spacial score (nSPS) is 10.8. The summed E-state index contributed by atoms with van der Waals surface area (Å²) in [6.45, 7) is 6.74. The van der Waals surface area contributed by atoms with Crippen LogP contribution >= 0.6 is 35.3 Å². The molecule has 0 aliphatic rings. The van der Waals surface area contributed by atoms with Gasteiger partial charge >= 0.3 is 0 Å². The SMILES string of the molecule is CCCSc1cc(SCCC)cc(SCCC)c1. The van der Waals surface area contributed by atoms with Crippen molar-refractivity contribution in [3.05, 3.63) is 18.2 Å². The van der Waals surface area contributed by atoms with E-state index in [4.69, 9.17) is 0 Å². The molecule has 0 atom stereocenters. The van der Waals surface area contributed by atoms with Gasteiger partial charge in [-0.25, -0.2) is 0 Å². The molecule has 102 valence electrons. The Hall–Kier alpha value is 0.270. The van der Waals surface area contributed by atoms with Gasteiger partial charge in [0.05, 0.1) is 0 Å². The molecule has 0 saturated carbocycles. The van der Waals surface area contributed by atoms with Crippen LogP contribution in [0.1, 0.15) is 40.0 Å². The van der Waals surface area contributed by atoms with Crippen molar-refractivity contribution in [1.29, 1.82) is 0 Å². The van der Waals surface area contributed by atoms with Gasteiger partial charge < -0.3 is 0 Å². The lowest BCUT2D eigenvalue weighted by Gasteiger charge is -2.08. The van der Waals surface area contributed by atoms with Gasteiger partial charge in [-0.1, -0.05) is 20.8 Å². The van der Waals surface area contributed by atoms with Gasteiger partial charge in [0.2, 0.25) is 0 Å². The Labute approximate surface area is 125 Å². The van der Waals surface area contributed by atoms with E-state index in [9.17, 15) is 0 Å². The lowest BCUT2D eigenvalue weighted by molar-refractivity contribution is 1.09. The summed E-state index contributed by atoms with van der Waals surface area (Å²) in [5, 5.41) is 0. The maximum atomic E-state index is 2.36. The quantitative estimate of drug-likeness (QED) is 0.499. The largest absolute Gasteiger partial charge is 0.126 e. The lowest BCUT2D eigenvalue weighted by atomic mass is 10.4. The van der Waals surface area contributed by atoms with Crippen LogP contribution in [0.4, 0.5) is 0 Å². The fourth-order valence-electron chi connectivity index (χ4n) is 1.46. The van der Waals surface area contributed by atoms with E-state index in [0.717, 1.165) is 0 Å². The van der Waals surface area contributed by atoms with Crippen molar-refractivity contribution in [2.24, 2.45) is 0 Å². The van der Waals surface area contributed by atoms with Crippen LogP contribution in [0.15, 0.2) is 32.9 Å². The number of hydrogen-bond acceptors (Lipinski definition) is 3. The standard InChI is InChI=1S/C15H24S3/c1-4-7-16-13-10-14(17-8-5-2)12-15(11-13)18-9-6-3/h10-12H,4-9H2,1-3H3. The van der Waals surface area contributed by atoms with Crippen molar-refractivity contribution in [2.45, 2.75) is 54.7 Å². The molecule has 0 aliphatic heterocycles. The third-order valence-electron chi connectivity index (χ3n) is 2.27. The van der Waals surface area contributed by atoms with E-state index in [0.29, 0.717) is 0 Å². The minimum Gasteiger partial charge on any atom is -0.126 e. The maximum absolute atomic E-state index is 2.36. The van der Waals surface area contributed by atoms with Crippen LogP contribution in [0.25, 0.3) is 0 Å². The highest BCUT2D eigenvalue weighted by Crippen LogP contribution is 2.32. The maximum Gasteiger partial charge on any atom is 0.00942 e. The first-order valence-electron chi connectivity index (χ1n) is 6.83. The van der Waals surface area contributed by atoms with Gasteiger partial charge in [-0.3, -0.25) is 0 Å². The highest BCUT2D eigenvalue weighted by Gasteiger charge is 2.03. The molecule has 0 nitrogen and oxygen atoms in total. The number of benzene rings is 1. The van der Waals surface area contributed by atoms with Gasteiger partial charge in [0, 0.05) is 14.7 Å². The molecule has 3 heteroatoms. The summed E-state index contributed by atoms with van der Waals surface area (Å²) < 4.78 is 0. The number of thioether (sulfide) groups is 3. The molecule has 0 radical (unpaired) electrons. The second-order valence-electron chi connectivity index (χ2n) is 4.19. The monoisotopic (exact) mass is 300 g/mol. The van der Waals surface area contributed by atoms with Crippen molar-refractivity contribution in [3.63, 3.8) is 0 Å². The summed E-state index contributed by atoms with van der Waals surface area (Å²) in [7, 11) is 0. The number of rotatable bonds is 9. The van der Waals surface area contributed by atoms with Gasteiger partial charge in [0.15, 0.2) is 0 Å². The van der Waals surface area contributed by atoms with Crippen molar-refractivity contribution in [1.82, 2.24) is 0 Å². The van der Waals surface area contributed by atoms with Crippen LogP contribution in [-0.4, -0.2) is 17.3 Å². The molecular formula is C15H24S3. The molecule has 0 bridgehead atoms. The summed E-state index contributed by atoms with van der Waals surface area (Å²) in [6.07, 6.45) is 3.73. The first-order chi connectivity index (χ1) is 8.80. The molecule has 0 aromatic heterocycles. The van der Waals surface area contributed by atoms with Gasteiger partial charge in [0.25, 0.3) is 0 Å². The number of hydrogen-bond donors (Lipinski definition) is 0. The highest BCUT2D eigenvalue weighted by atomic mass is 32.2. The molecule has 0 aliphatic carbocycles. The average Bonchev–Trinajstić information content (AvgIpc) is 2.40. The minimum atomic E-state index is 1.22. The van der Waals surface area contributed by atoms with Gasteiger partial charge in [-0.2, -0.15) is 0 Å². The third-order valence-corrected chi connectivity index (χ3v) is 5.82. The predicted octanol–water partition coefficient (Wildman–Crippen LogP) is 6.19. The molecule has 0 spiro atoms. The van der Waals surface area contributed by atoms with E-state index >= 15 is 0 Å². The van der Waals surface area contributed by atoms with Gasteiger partial charge in [-0.05, 0) is 54.7 Å². The van der Waals surface area contributed by atoms with Gasteiger partial charge in [-0.15, -0.1) is 35.3 Å². The Bertz CT molecular complexity index is 272. The van der Waals surface area contributed by atoms with E-state index < -0.39 is 0 Å². The molecule has 0 unspecified atom stereocenters. The van der Waals surface area contributed by atoms with E-state index in [1.54, 1.807) is 0 Å². The summed E-state index contributed by atoms with van der Waals surface area (Å²) >= 11 is 5.97. The third kappa shape index (κ3) is 6.44. The van der Waals surface area contributed by atoms with Crippen molar-refractivity contribution in [2.75, 3.05) is 17.3 Å². The molecule has 1 rings (SSSR count). The second kappa shape index (κ2) is 10.1. The smallest absolute Gasteiger partial charge is 0.00942 e. The fourth-order valence-corrected chi connectivity index (χ4v) is 4.26. The molecule has 1 aromatic carbocycles. The highest BCUT2D eigenvalue weighted by molar-refractivity contribution is 8.00. The van der Waals surface area contributed by atoms with Crippen molar-refractivity contribution >= 4 is 35.3 Å². The zero-order chi connectivity index (χ0) is 13.2. The lowest BCUT2D eigenvalue weighted by Crippen LogP contribution is -1.84. The van der Waals surface area contributed by atoms with Gasteiger partial charge in [0.1, 0.15) is 0 Å². The Balaban J connectivity index is 2.74. The zero-order valence-electron chi connectivity index (χ0n) is 11.7. The Morgan fingerprint density at radius 2 is 0.889 bits per heavy atom. The summed E-state index contributed by atoms with van der Waals surface area (Å²) in [5.41, 5.74) is 0. The van der Waals surface area contributed by atoms with E-state index in [2.05, 4.69) is 39.0 Å². The van der Waals surface area contributed by atoms with Crippen molar-refractivity contribution < 1.29 is 0 Å². The van der Waals surface area contributed by atoms with Crippen LogP contribution in [0.2, 0.25) is 0 Å². The first-order valence-corrected chi connectivity index (χ1v) is 9.79. The minimum absolute atomic E-state index is 1.22. The zero-order valence-corrected chi connectivity index (χ0v) is 14.1. The predicted molar refractivity (Wildman–Crippen MR) is 89.5 cm³/mol. The second-order valence-corrected chi connectivity index (χ2v) is 7.69. The fraction of sp³-hybridized carbons (Fsp3) is 0.600. The Kier molecular flexibility index (Phi) is 9.16. The van der Waals surface area contributed by atoms with E-state index in [-0.39, 0.29) is 0 Å². The van der Waals surface area contributed by atoms with Crippen LogP contribution in [0.3, 0.4) is 0 Å². The van der Waals surface area contributed by atoms with Crippen molar-refractivity contribution in [3.8, 4) is 0 Å². The first kappa shape index (κ1) is 16.3.